The number of carbonyl (C=O) groups excluding carboxylic acids is 1. The van der Waals surface area contributed by atoms with Gasteiger partial charge in [0.15, 0.2) is 11.5 Å². The summed E-state index contributed by atoms with van der Waals surface area (Å²) in [6, 6.07) is 10.2. The number of hydrogen-bond acceptors (Lipinski definition) is 6. The van der Waals surface area contributed by atoms with Gasteiger partial charge < -0.3 is 14.4 Å². The second-order valence-electron chi connectivity index (χ2n) is 6.95. The van der Waals surface area contributed by atoms with Crippen molar-refractivity contribution in [3.8, 4) is 21.4 Å². The number of benzene rings is 1. The van der Waals surface area contributed by atoms with Crippen LogP contribution in [0.15, 0.2) is 41.1 Å². The van der Waals surface area contributed by atoms with E-state index < -0.39 is 0 Å². The molecule has 1 saturated heterocycles. The molecule has 7 heteroatoms. The highest BCUT2D eigenvalue weighted by atomic mass is 32.1. The van der Waals surface area contributed by atoms with E-state index in [9.17, 15) is 4.79 Å². The molecule has 5 rings (SSSR count). The number of carbonyl (C=O) groups is 1. The van der Waals surface area contributed by atoms with Gasteiger partial charge in [-0.2, -0.15) is 0 Å². The summed E-state index contributed by atoms with van der Waals surface area (Å²) in [6.07, 6.45) is 2.34. The zero-order valence-electron chi connectivity index (χ0n) is 15.3. The zero-order chi connectivity index (χ0) is 18.9. The van der Waals surface area contributed by atoms with Crippen molar-refractivity contribution >= 4 is 28.6 Å². The molecule has 1 amide bonds. The summed E-state index contributed by atoms with van der Waals surface area (Å²) in [5, 5.41) is 5.04. The van der Waals surface area contributed by atoms with Crippen molar-refractivity contribution in [2.24, 2.45) is 0 Å². The molecule has 3 aromatic rings. The largest absolute Gasteiger partial charge is 0.486 e. The number of nitrogens with zero attached hydrogens (tertiary/aromatic N) is 2. The second-order valence-corrected chi connectivity index (χ2v) is 8.75. The normalized spacial score (nSPS) is 18.4. The Morgan fingerprint density at radius 1 is 1.18 bits per heavy atom. The van der Waals surface area contributed by atoms with Crippen molar-refractivity contribution in [3.63, 3.8) is 0 Å². The van der Waals surface area contributed by atoms with Crippen LogP contribution in [0.2, 0.25) is 0 Å². The lowest BCUT2D eigenvalue weighted by Gasteiger charge is -2.26. The first-order chi connectivity index (χ1) is 13.8. The summed E-state index contributed by atoms with van der Waals surface area (Å²) in [5.41, 5.74) is 1.97. The summed E-state index contributed by atoms with van der Waals surface area (Å²) in [6.45, 7) is 1.95. The Balaban J connectivity index is 1.32. The van der Waals surface area contributed by atoms with Crippen molar-refractivity contribution < 1.29 is 14.3 Å². The van der Waals surface area contributed by atoms with E-state index in [0.29, 0.717) is 19.6 Å². The van der Waals surface area contributed by atoms with Gasteiger partial charge in [0.05, 0.1) is 23.0 Å². The molecule has 5 nitrogen and oxygen atoms in total. The number of ether oxygens (including phenoxy) is 2. The predicted molar refractivity (Wildman–Crippen MR) is 110 cm³/mol. The fraction of sp³-hybridized carbons (Fsp3) is 0.333. The molecule has 28 heavy (non-hydrogen) atoms. The average Bonchev–Trinajstić information content (AvgIpc) is 3.48. The summed E-state index contributed by atoms with van der Waals surface area (Å²) in [4.78, 5) is 20.8. The third-order valence-electron chi connectivity index (χ3n) is 5.14. The van der Waals surface area contributed by atoms with Crippen molar-refractivity contribution in [3.05, 3.63) is 52.3 Å². The van der Waals surface area contributed by atoms with Gasteiger partial charge in [-0.1, -0.05) is 12.1 Å². The molecular weight excluding hydrogens is 392 g/mol. The van der Waals surface area contributed by atoms with Gasteiger partial charge in [0, 0.05) is 11.9 Å². The van der Waals surface area contributed by atoms with Crippen molar-refractivity contribution in [1.29, 1.82) is 0 Å². The van der Waals surface area contributed by atoms with E-state index in [4.69, 9.17) is 9.47 Å². The highest BCUT2D eigenvalue weighted by Crippen LogP contribution is 2.38. The lowest BCUT2D eigenvalue weighted by Crippen LogP contribution is -2.32. The number of amides is 1. The lowest BCUT2D eigenvalue weighted by molar-refractivity contribution is -0.131. The standard InChI is InChI=1S/C21H20N2O3S2/c24-20(12-15-13-28-21(22-15)19-4-2-10-27-19)23-7-1-3-16(23)14-5-6-17-18(11-14)26-9-8-25-17/h2,4-6,10-11,13,16H,1,3,7-9,12H2/t16-/m0/s1. The maximum atomic E-state index is 13.0. The minimum Gasteiger partial charge on any atom is -0.486 e. The van der Waals surface area contributed by atoms with E-state index in [1.807, 2.05) is 33.9 Å². The van der Waals surface area contributed by atoms with E-state index in [-0.39, 0.29) is 11.9 Å². The molecule has 2 aliphatic rings. The van der Waals surface area contributed by atoms with E-state index in [1.165, 1.54) is 0 Å². The van der Waals surface area contributed by atoms with Crippen molar-refractivity contribution in [2.75, 3.05) is 19.8 Å². The van der Waals surface area contributed by atoms with Gasteiger partial charge in [0.2, 0.25) is 5.91 Å². The number of thiophene rings is 1. The Morgan fingerprint density at radius 2 is 2.07 bits per heavy atom. The molecule has 0 bridgehead atoms. The molecule has 0 aliphatic carbocycles. The fourth-order valence-electron chi connectivity index (χ4n) is 3.84. The third-order valence-corrected chi connectivity index (χ3v) is 7.07. The molecule has 1 aromatic carbocycles. The predicted octanol–water partition coefficient (Wildman–Crippen LogP) is 4.55. The summed E-state index contributed by atoms with van der Waals surface area (Å²) < 4.78 is 11.3. The van der Waals surface area contributed by atoms with Crippen LogP contribution >= 0.6 is 22.7 Å². The lowest BCUT2D eigenvalue weighted by atomic mass is 10.0. The molecule has 0 N–H and O–H groups in total. The monoisotopic (exact) mass is 412 g/mol. The van der Waals surface area contributed by atoms with Crippen molar-refractivity contribution in [1.82, 2.24) is 9.88 Å². The molecule has 0 spiro atoms. The third kappa shape index (κ3) is 3.40. The Labute approximate surface area is 171 Å². The van der Waals surface area contributed by atoms with Gasteiger partial charge >= 0.3 is 0 Å². The summed E-state index contributed by atoms with van der Waals surface area (Å²) in [5.74, 6) is 1.71. The minimum atomic E-state index is 0.0960. The molecule has 144 valence electrons. The first-order valence-electron chi connectivity index (χ1n) is 9.45. The number of likely N-dealkylation sites (tertiary alicyclic amines) is 1. The Hall–Kier alpha value is -2.38. The molecule has 0 radical (unpaired) electrons. The first kappa shape index (κ1) is 17.7. The molecule has 1 atom stereocenters. The van der Waals surface area contributed by atoms with Crippen LogP contribution in [0.5, 0.6) is 11.5 Å². The molecule has 1 fully saturated rings. The molecular formula is C21H20N2O3S2. The van der Waals surface area contributed by atoms with Crippen LogP contribution in [0.25, 0.3) is 9.88 Å². The number of thiazole rings is 1. The van der Waals surface area contributed by atoms with Crippen LogP contribution in [0.1, 0.15) is 30.1 Å². The van der Waals surface area contributed by atoms with Gasteiger partial charge in [0.1, 0.15) is 18.2 Å². The smallest absolute Gasteiger partial charge is 0.229 e. The van der Waals surface area contributed by atoms with Gasteiger partial charge in [-0.25, -0.2) is 4.98 Å². The van der Waals surface area contributed by atoms with Crippen LogP contribution in [-0.4, -0.2) is 35.5 Å². The summed E-state index contributed by atoms with van der Waals surface area (Å²) in [7, 11) is 0. The van der Waals surface area contributed by atoms with Crippen LogP contribution in [0, 0.1) is 0 Å². The Kier molecular flexibility index (Phi) is 4.78. The maximum absolute atomic E-state index is 13.0. The number of rotatable bonds is 4. The van der Waals surface area contributed by atoms with Gasteiger partial charge in [-0.15, -0.1) is 22.7 Å². The van der Waals surface area contributed by atoms with E-state index in [2.05, 4.69) is 17.1 Å². The molecule has 2 aliphatic heterocycles. The number of hydrogen-bond donors (Lipinski definition) is 0. The highest BCUT2D eigenvalue weighted by Gasteiger charge is 2.31. The Bertz CT molecular complexity index is 983. The van der Waals surface area contributed by atoms with E-state index in [0.717, 1.165) is 52.0 Å². The fourth-order valence-corrected chi connectivity index (χ4v) is 5.47. The minimum absolute atomic E-state index is 0.0960. The first-order valence-corrected chi connectivity index (χ1v) is 11.2. The van der Waals surface area contributed by atoms with E-state index in [1.54, 1.807) is 22.7 Å². The van der Waals surface area contributed by atoms with Gasteiger partial charge in [-0.05, 0) is 42.0 Å². The van der Waals surface area contributed by atoms with Crippen LogP contribution < -0.4 is 9.47 Å². The van der Waals surface area contributed by atoms with Crippen LogP contribution in [0.3, 0.4) is 0 Å². The molecule has 2 aromatic heterocycles. The van der Waals surface area contributed by atoms with Crippen LogP contribution in [0.4, 0.5) is 0 Å². The Morgan fingerprint density at radius 3 is 2.93 bits per heavy atom. The zero-order valence-corrected chi connectivity index (χ0v) is 16.9. The second kappa shape index (κ2) is 7.56. The average molecular weight is 413 g/mol. The number of aromatic nitrogens is 1. The maximum Gasteiger partial charge on any atom is 0.229 e. The number of fused-ring (bicyclic) bond motifs is 1. The topological polar surface area (TPSA) is 51.7 Å². The van der Waals surface area contributed by atoms with E-state index >= 15 is 0 Å². The van der Waals surface area contributed by atoms with Gasteiger partial charge in [-0.3, -0.25) is 4.79 Å². The molecule has 4 heterocycles. The van der Waals surface area contributed by atoms with Crippen LogP contribution in [-0.2, 0) is 11.2 Å². The SMILES string of the molecule is O=C(Cc1csc(-c2cccs2)n1)N1CCC[C@H]1c1ccc2c(c1)OCCO2. The van der Waals surface area contributed by atoms with Crippen molar-refractivity contribution in [2.45, 2.75) is 25.3 Å². The quantitative estimate of drug-likeness (QED) is 0.631. The summed E-state index contributed by atoms with van der Waals surface area (Å²) >= 11 is 3.28. The highest BCUT2D eigenvalue weighted by molar-refractivity contribution is 7.20. The van der Waals surface area contributed by atoms with Gasteiger partial charge in [0.25, 0.3) is 0 Å². The molecule has 0 unspecified atom stereocenters. The molecule has 0 saturated carbocycles.